The summed E-state index contributed by atoms with van der Waals surface area (Å²) in [5, 5.41) is 2.96. The molecule has 4 heterocycles. The first kappa shape index (κ1) is 20.6. The number of carbonyl (C=O) groups excluding carboxylic acids is 2. The van der Waals surface area contributed by atoms with E-state index in [1.54, 1.807) is 35.2 Å². The third-order valence-electron chi connectivity index (χ3n) is 6.10. The van der Waals surface area contributed by atoms with Gasteiger partial charge in [-0.05, 0) is 44.0 Å². The Bertz CT molecular complexity index is 1180. The standard InChI is InChI=1S/C24H27N5O3/c1-16-14-19(21-22(25-16)29-9-4-2-3-8-20(29)27-21)23(30)26-18-7-5-6-17(15-18)24(31)28-10-12-32-13-11-28/h5-7,14-15H,2-4,8-13H2,1H3,(H,26,30). The highest BCUT2D eigenvalue weighted by Crippen LogP contribution is 2.25. The molecule has 1 fully saturated rings. The van der Waals surface area contributed by atoms with Gasteiger partial charge in [-0.15, -0.1) is 0 Å². The number of morpholine rings is 1. The number of aromatic nitrogens is 3. The van der Waals surface area contributed by atoms with Crippen molar-refractivity contribution in [3.05, 3.63) is 53.0 Å². The van der Waals surface area contributed by atoms with Crippen LogP contribution in [0.2, 0.25) is 0 Å². The van der Waals surface area contributed by atoms with Gasteiger partial charge < -0.3 is 19.5 Å². The topological polar surface area (TPSA) is 89.4 Å². The summed E-state index contributed by atoms with van der Waals surface area (Å²) in [6, 6.07) is 8.86. The van der Waals surface area contributed by atoms with E-state index in [1.807, 2.05) is 6.92 Å². The van der Waals surface area contributed by atoms with E-state index in [9.17, 15) is 9.59 Å². The number of pyridine rings is 1. The Morgan fingerprint density at radius 3 is 2.72 bits per heavy atom. The van der Waals surface area contributed by atoms with Crippen LogP contribution in [0, 0.1) is 6.92 Å². The number of nitrogens with zero attached hydrogens (tertiary/aromatic N) is 4. The van der Waals surface area contributed by atoms with Gasteiger partial charge in [-0.2, -0.15) is 0 Å². The summed E-state index contributed by atoms with van der Waals surface area (Å²) >= 11 is 0. The molecule has 0 saturated carbocycles. The molecule has 2 aromatic heterocycles. The second-order valence-corrected chi connectivity index (χ2v) is 8.41. The van der Waals surface area contributed by atoms with E-state index < -0.39 is 0 Å². The predicted molar refractivity (Wildman–Crippen MR) is 121 cm³/mol. The molecule has 0 bridgehead atoms. The molecule has 0 unspecified atom stereocenters. The van der Waals surface area contributed by atoms with E-state index >= 15 is 0 Å². The minimum atomic E-state index is -0.246. The fraction of sp³-hybridized carbons (Fsp3) is 0.417. The summed E-state index contributed by atoms with van der Waals surface area (Å²) in [6.07, 6.45) is 4.29. The number of aryl methyl sites for hydroxylation is 3. The van der Waals surface area contributed by atoms with Crippen molar-refractivity contribution in [2.24, 2.45) is 0 Å². The number of ether oxygens (including phenoxy) is 1. The minimum absolute atomic E-state index is 0.0515. The van der Waals surface area contributed by atoms with Gasteiger partial charge in [-0.3, -0.25) is 9.59 Å². The second-order valence-electron chi connectivity index (χ2n) is 8.41. The number of nitrogens with one attached hydrogen (secondary N) is 1. The van der Waals surface area contributed by atoms with Crippen molar-refractivity contribution in [2.45, 2.75) is 39.2 Å². The summed E-state index contributed by atoms with van der Waals surface area (Å²) in [5.74, 6) is 0.705. The van der Waals surface area contributed by atoms with Gasteiger partial charge in [-0.25, -0.2) is 9.97 Å². The lowest BCUT2D eigenvalue weighted by atomic mass is 10.1. The van der Waals surface area contributed by atoms with E-state index in [2.05, 4.69) is 14.9 Å². The van der Waals surface area contributed by atoms with Crippen molar-refractivity contribution < 1.29 is 14.3 Å². The molecule has 1 saturated heterocycles. The molecule has 2 aliphatic heterocycles. The molecule has 32 heavy (non-hydrogen) atoms. The Morgan fingerprint density at radius 1 is 1.03 bits per heavy atom. The van der Waals surface area contributed by atoms with E-state index in [1.165, 1.54) is 6.42 Å². The number of fused-ring (bicyclic) bond motifs is 3. The maximum absolute atomic E-state index is 13.2. The molecule has 166 valence electrons. The maximum Gasteiger partial charge on any atom is 0.258 e. The van der Waals surface area contributed by atoms with Crippen molar-refractivity contribution in [1.82, 2.24) is 19.4 Å². The average molecular weight is 434 g/mol. The molecule has 0 radical (unpaired) electrons. The lowest BCUT2D eigenvalue weighted by Crippen LogP contribution is -2.40. The molecule has 5 rings (SSSR count). The van der Waals surface area contributed by atoms with E-state index in [4.69, 9.17) is 9.72 Å². The number of anilines is 1. The van der Waals surface area contributed by atoms with Gasteiger partial charge in [0.05, 0.1) is 18.8 Å². The molecule has 1 N–H and O–H groups in total. The molecule has 8 nitrogen and oxygen atoms in total. The Hall–Kier alpha value is -3.26. The molecule has 0 spiro atoms. The van der Waals surface area contributed by atoms with Crippen LogP contribution >= 0.6 is 0 Å². The van der Waals surface area contributed by atoms with E-state index in [0.717, 1.165) is 43.0 Å². The largest absolute Gasteiger partial charge is 0.378 e. The van der Waals surface area contributed by atoms with Crippen LogP contribution in [0.25, 0.3) is 11.2 Å². The smallest absolute Gasteiger partial charge is 0.258 e. The molecule has 0 atom stereocenters. The van der Waals surface area contributed by atoms with Gasteiger partial charge in [0.25, 0.3) is 11.8 Å². The summed E-state index contributed by atoms with van der Waals surface area (Å²) in [7, 11) is 0. The fourth-order valence-electron chi connectivity index (χ4n) is 4.47. The van der Waals surface area contributed by atoms with Crippen molar-refractivity contribution in [2.75, 3.05) is 31.6 Å². The Morgan fingerprint density at radius 2 is 1.88 bits per heavy atom. The quantitative estimate of drug-likeness (QED) is 0.685. The molecule has 2 amide bonds. The van der Waals surface area contributed by atoms with Gasteiger partial charge in [0.15, 0.2) is 5.65 Å². The zero-order valence-corrected chi connectivity index (χ0v) is 18.3. The average Bonchev–Trinajstić information content (AvgIpc) is 2.99. The van der Waals surface area contributed by atoms with Crippen molar-refractivity contribution in [1.29, 1.82) is 0 Å². The first-order valence-electron chi connectivity index (χ1n) is 11.3. The second kappa shape index (κ2) is 8.70. The molecule has 3 aromatic rings. The zero-order chi connectivity index (χ0) is 22.1. The SMILES string of the molecule is Cc1cc(C(=O)Nc2cccc(C(=O)N3CCOCC3)c2)c2nc3n(c2n1)CCCCC3. The number of benzene rings is 1. The summed E-state index contributed by atoms with van der Waals surface area (Å²) < 4.78 is 7.49. The van der Waals surface area contributed by atoms with Crippen LogP contribution in [0.15, 0.2) is 30.3 Å². The van der Waals surface area contributed by atoms with Crippen LogP contribution in [0.5, 0.6) is 0 Å². The summed E-state index contributed by atoms with van der Waals surface area (Å²) in [4.78, 5) is 37.3. The minimum Gasteiger partial charge on any atom is -0.378 e. The van der Waals surface area contributed by atoms with Crippen LogP contribution in [-0.4, -0.2) is 57.6 Å². The number of amides is 2. The van der Waals surface area contributed by atoms with Crippen LogP contribution in [0.3, 0.4) is 0 Å². The molecule has 8 heteroatoms. The van der Waals surface area contributed by atoms with Gasteiger partial charge in [0.1, 0.15) is 11.3 Å². The lowest BCUT2D eigenvalue weighted by Gasteiger charge is -2.27. The molecule has 2 aliphatic rings. The van der Waals surface area contributed by atoms with Gasteiger partial charge in [0, 0.05) is 43.0 Å². The van der Waals surface area contributed by atoms with Crippen LogP contribution < -0.4 is 5.32 Å². The third kappa shape index (κ3) is 3.98. The number of hydrogen-bond donors (Lipinski definition) is 1. The number of carbonyl (C=O) groups is 2. The molecule has 1 aromatic carbocycles. The lowest BCUT2D eigenvalue weighted by molar-refractivity contribution is 0.0303. The number of rotatable bonds is 3. The zero-order valence-electron chi connectivity index (χ0n) is 18.3. The van der Waals surface area contributed by atoms with Crippen molar-refractivity contribution >= 4 is 28.7 Å². The Balaban J connectivity index is 1.42. The number of hydrogen-bond acceptors (Lipinski definition) is 5. The van der Waals surface area contributed by atoms with E-state index in [0.29, 0.717) is 48.6 Å². The predicted octanol–water partition coefficient (Wildman–Crippen LogP) is 3.19. The van der Waals surface area contributed by atoms with Crippen LogP contribution in [-0.2, 0) is 17.7 Å². The van der Waals surface area contributed by atoms with Crippen LogP contribution in [0.4, 0.5) is 5.69 Å². The summed E-state index contributed by atoms with van der Waals surface area (Å²) in [6.45, 7) is 5.04. The molecular formula is C24H27N5O3. The van der Waals surface area contributed by atoms with Crippen molar-refractivity contribution in [3.63, 3.8) is 0 Å². The van der Waals surface area contributed by atoms with Gasteiger partial charge >= 0.3 is 0 Å². The van der Waals surface area contributed by atoms with Crippen molar-refractivity contribution in [3.8, 4) is 0 Å². The third-order valence-corrected chi connectivity index (χ3v) is 6.10. The van der Waals surface area contributed by atoms with Gasteiger partial charge in [0.2, 0.25) is 0 Å². The highest BCUT2D eigenvalue weighted by molar-refractivity contribution is 6.11. The normalized spacial score (nSPS) is 16.5. The number of imidazole rings is 1. The first-order chi connectivity index (χ1) is 15.6. The monoisotopic (exact) mass is 433 g/mol. The van der Waals surface area contributed by atoms with E-state index in [-0.39, 0.29) is 11.8 Å². The fourth-order valence-corrected chi connectivity index (χ4v) is 4.47. The summed E-state index contributed by atoms with van der Waals surface area (Å²) in [5.41, 5.74) is 3.85. The maximum atomic E-state index is 13.2. The highest BCUT2D eigenvalue weighted by atomic mass is 16.5. The highest BCUT2D eigenvalue weighted by Gasteiger charge is 2.22. The Kier molecular flexibility index (Phi) is 5.61. The van der Waals surface area contributed by atoms with Crippen LogP contribution in [0.1, 0.15) is 51.5 Å². The molecular weight excluding hydrogens is 406 g/mol. The van der Waals surface area contributed by atoms with Gasteiger partial charge in [-0.1, -0.05) is 12.5 Å². The Labute approximate surface area is 186 Å². The first-order valence-corrected chi connectivity index (χ1v) is 11.3. The molecule has 0 aliphatic carbocycles.